The summed E-state index contributed by atoms with van der Waals surface area (Å²) in [7, 11) is 1.59. The Kier molecular flexibility index (Phi) is 4.16. The van der Waals surface area contributed by atoms with Crippen molar-refractivity contribution in [3.63, 3.8) is 0 Å². The minimum Gasteiger partial charge on any atom is -0.497 e. The first-order chi connectivity index (χ1) is 11.5. The number of nitrogens with zero attached hydrogens (tertiary/aromatic N) is 1. The molecule has 0 saturated heterocycles. The van der Waals surface area contributed by atoms with E-state index in [1.165, 1.54) is 12.1 Å². The lowest BCUT2D eigenvalue weighted by Crippen LogP contribution is -2.15. The first kappa shape index (κ1) is 15.9. The second-order valence-electron chi connectivity index (χ2n) is 5.59. The quantitative estimate of drug-likeness (QED) is 0.783. The van der Waals surface area contributed by atoms with Crippen LogP contribution >= 0.6 is 0 Å². The number of hydrogen-bond acceptors (Lipinski definition) is 3. The molecule has 0 unspecified atom stereocenters. The van der Waals surface area contributed by atoms with Crippen LogP contribution in [0.15, 0.2) is 42.5 Å². The molecule has 0 fully saturated rings. The summed E-state index contributed by atoms with van der Waals surface area (Å²) in [6.07, 6.45) is 0. The van der Waals surface area contributed by atoms with Gasteiger partial charge in [0.05, 0.1) is 23.9 Å². The van der Waals surface area contributed by atoms with E-state index in [-0.39, 0.29) is 5.91 Å². The largest absolute Gasteiger partial charge is 0.497 e. The summed E-state index contributed by atoms with van der Waals surface area (Å²) < 4.78 is 18.6. The smallest absolute Gasteiger partial charge is 0.257 e. The SMILES string of the molecule is COc1ccc2cc(C(=O)Nc3cc(F)ccc3C)c(C)nc2c1. The van der Waals surface area contributed by atoms with Crippen LogP contribution in [-0.4, -0.2) is 18.0 Å². The Labute approximate surface area is 139 Å². The van der Waals surface area contributed by atoms with Crippen LogP contribution in [0.25, 0.3) is 10.9 Å². The highest BCUT2D eigenvalue weighted by atomic mass is 19.1. The third-order valence-electron chi connectivity index (χ3n) is 3.91. The number of aromatic nitrogens is 1. The van der Waals surface area contributed by atoms with Crippen LogP contribution < -0.4 is 10.1 Å². The average Bonchev–Trinajstić information content (AvgIpc) is 2.56. The Balaban J connectivity index is 1.97. The zero-order valence-electron chi connectivity index (χ0n) is 13.7. The Morgan fingerprint density at radius 2 is 1.92 bits per heavy atom. The van der Waals surface area contributed by atoms with Gasteiger partial charge in [0, 0.05) is 17.1 Å². The number of methoxy groups -OCH3 is 1. The molecule has 0 aliphatic rings. The lowest BCUT2D eigenvalue weighted by molar-refractivity contribution is 0.102. The van der Waals surface area contributed by atoms with Gasteiger partial charge in [-0.1, -0.05) is 6.07 Å². The first-order valence-electron chi connectivity index (χ1n) is 7.51. The fourth-order valence-corrected chi connectivity index (χ4v) is 2.52. The third-order valence-corrected chi connectivity index (χ3v) is 3.91. The fourth-order valence-electron chi connectivity index (χ4n) is 2.52. The molecule has 0 bridgehead atoms. The molecule has 0 aliphatic carbocycles. The van der Waals surface area contributed by atoms with E-state index in [4.69, 9.17) is 4.74 Å². The van der Waals surface area contributed by atoms with Crippen molar-refractivity contribution in [2.75, 3.05) is 12.4 Å². The van der Waals surface area contributed by atoms with Gasteiger partial charge in [-0.2, -0.15) is 0 Å². The zero-order valence-corrected chi connectivity index (χ0v) is 13.7. The number of nitrogens with one attached hydrogen (secondary N) is 1. The maximum absolute atomic E-state index is 13.4. The molecule has 3 rings (SSSR count). The molecular formula is C19H17FN2O2. The number of fused-ring (bicyclic) bond motifs is 1. The number of hydrogen-bond donors (Lipinski definition) is 1. The van der Waals surface area contributed by atoms with Gasteiger partial charge in [-0.05, 0) is 49.7 Å². The van der Waals surface area contributed by atoms with E-state index in [1.54, 1.807) is 26.2 Å². The number of anilines is 1. The Bertz CT molecular complexity index is 938. The summed E-state index contributed by atoms with van der Waals surface area (Å²) >= 11 is 0. The van der Waals surface area contributed by atoms with Crippen molar-refractivity contribution in [1.82, 2.24) is 4.98 Å². The van der Waals surface area contributed by atoms with Crippen molar-refractivity contribution in [2.24, 2.45) is 0 Å². The van der Waals surface area contributed by atoms with Gasteiger partial charge in [-0.15, -0.1) is 0 Å². The summed E-state index contributed by atoms with van der Waals surface area (Å²) in [6.45, 7) is 3.58. The lowest BCUT2D eigenvalue weighted by atomic mass is 10.1. The van der Waals surface area contributed by atoms with Crippen LogP contribution in [0.1, 0.15) is 21.6 Å². The molecule has 1 N–H and O–H groups in total. The van der Waals surface area contributed by atoms with Gasteiger partial charge in [0.25, 0.3) is 5.91 Å². The number of aryl methyl sites for hydroxylation is 2. The number of carbonyl (C=O) groups is 1. The van der Waals surface area contributed by atoms with E-state index in [9.17, 15) is 9.18 Å². The fraction of sp³-hybridized carbons (Fsp3) is 0.158. The van der Waals surface area contributed by atoms with E-state index in [0.29, 0.717) is 22.7 Å². The number of benzene rings is 2. The molecule has 1 amide bonds. The minimum atomic E-state index is -0.392. The van der Waals surface area contributed by atoms with Crippen molar-refractivity contribution >= 4 is 22.5 Å². The Hall–Kier alpha value is -2.95. The van der Waals surface area contributed by atoms with Crippen LogP contribution in [0.5, 0.6) is 5.75 Å². The molecule has 4 nitrogen and oxygen atoms in total. The van der Waals surface area contributed by atoms with E-state index >= 15 is 0 Å². The molecule has 3 aromatic rings. The first-order valence-corrected chi connectivity index (χ1v) is 7.51. The summed E-state index contributed by atoms with van der Waals surface area (Å²) in [5, 5.41) is 3.59. The molecule has 24 heavy (non-hydrogen) atoms. The van der Waals surface area contributed by atoms with Crippen molar-refractivity contribution in [3.8, 4) is 5.75 Å². The summed E-state index contributed by atoms with van der Waals surface area (Å²) in [5.74, 6) is 0.00441. The topological polar surface area (TPSA) is 51.2 Å². The maximum atomic E-state index is 13.4. The molecule has 0 aliphatic heterocycles. The summed E-state index contributed by atoms with van der Waals surface area (Å²) in [6, 6.07) is 11.6. The van der Waals surface area contributed by atoms with Crippen LogP contribution in [0.4, 0.5) is 10.1 Å². The molecule has 0 radical (unpaired) electrons. The molecular weight excluding hydrogens is 307 g/mol. The Morgan fingerprint density at radius 3 is 2.67 bits per heavy atom. The highest BCUT2D eigenvalue weighted by Gasteiger charge is 2.13. The van der Waals surface area contributed by atoms with Crippen molar-refractivity contribution < 1.29 is 13.9 Å². The molecule has 0 atom stereocenters. The van der Waals surface area contributed by atoms with Crippen molar-refractivity contribution in [3.05, 3.63) is 65.1 Å². The maximum Gasteiger partial charge on any atom is 0.257 e. The van der Waals surface area contributed by atoms with Crippen molar-refractivity contribution in [1.29, 1.82) is 0 Å². The minimum absolute atomic E-state index is 0.314. The molecule has 5 heteroatoms. The predicted molar refractivity (Wildman–Crippen MR) is 92.1 cm³/mol. The van der Waals surface area contributed by atoms with E-state index in [2.05, 4.69) is 10.3 Å². The van der Waals surface area contributed by atoms with Crippen LogP contribution in [0, 0.1) is 19.7 Å². The summed E-state index contributed by atoms with van der Waals surface area (Å²) in [5.41, 5.74) is 3.05. The number of carbonyl (C=O) groups excluding carboxylic acids is 1. The predicted octanol–water partition coefficient (Wildman–Crippen LogP) is 4.25. The second-order valence-corrected chi connectivity index (χ2v) is 5.59. The lowest BCUT2D eigenvalue weighted by Gasteiger charge is -2.11. The summed E-state index contributed by atoms with van der Waals surface area (Å²) in [4.78, 5) is 17.0. The van der Waals surface area contributed by atoms with Gasteiger partial charge in [0.2, 0.25) is 0 Å². The third kappa shape index (κ3) is 3.06. The van der Waals surface area contributed by atoms with Crippen LogP contribution in [0.3, 0.4) is 0 Å². The van der Waals surface area contributed by atoms with Crippen molar-refractivity contribution in [2.45, 2.75) is 13.8 Å². The molecule has 0 saturated carbocycles. The number of halogens is 1. The second kappa shape index (κ2) is 6.28. The average molecular weight is 324 g/mol. The van der Waals surface area contributed by atoms with Crippen LogP contribution in [-0.2, 0) is 0 Å². The highest BCUT2D eigenvalue weighted by Crippen LogP contribution is 2.23. The molecule has 0 spiro atoms. The van der Waals surface area contributed by atoms with Gasteiger partial charge in [0.15, 0.2) is 0 Å². The number of rotatable bonds is 3. The van der Waals surface area contributed by atoms with Gasteiger partial charge >= 0.3 is 0 Å². The monoisotopic (exact) mass is 324 g/mol. The van der Waals surface area contributed by atoms with E-state index < -0.39 is 5.82 Å². The molecule has 2 aromatic carbocycles. The van der Waals surface area contributed by atoms with E-state index in [1.807, 2.05) is 25.1 Å². The number of ether oxygens (including phenoxy) is 1. The molecule has 1 heterocycles. The highest BCUT2D eigenvalue weighted by molar-refractivity contribution is 6.07. The standard InChI is InChI=1S/C19H17FN2O2/c1-11-4-6-14(20)9-17(11)22-19(23)16-8-13-5-7-15(24-3)10-18(13)21-12(16)2/h4-10H,1-3H3,(H,22,23). The van der Waals surface area contributed by atoms with Gasteiger partial charge in [-0.25, -0.2) is 4.39 Å². The molecule has 122 valence electrons. The zero-order chi connectivity index (χ0) is 17.3. The molecule has 1 aromatic heterocycles. The van der Waals surface area contributed by atoms with E-state index in [0.717, 1.165) is 16.5 Å². The van der Waals surface area contributed by atoms with Crippen LogP contribution in [0.2, 0.25) is 0 Å². The number of amides is 1. The number of pyridine rings is 1. The Morgan fingerprint density at radius 1 is 1.12 bits per heavy atom. The normalized spacial score (nSPS) is 10.7. The van der Waals surface area contributed by atoms with Gasteiger partial charge in [-0.3, -0.25) is 9.78 Å². The van der Waals surface area contributed by atoms with Gasteiger partial charge in [0.1, 0.15) is 11.6 Å². The van der Waals surface area contributed by atoms with Gasteiger partial charge < -0.3 is 10.1 Å².